The molecule has 9 nitrogen and oxygen atoms in total. The van der Waals surface area contributed by atoms with E-state index in [-0.39, 0.29) is 38.6 Å². The summed E-state index contributed by atoms with van der Waals surface area (Å²) in [6, 6.07) is 3.08. The van der Waals surface area contributed by atoms with Crippen LogP contribution in [0.3, 0.4) is 0 Å². The molecule has 4 heterocycles. The van der Waals surface area contributed by atoms with Crippen molar-refractivity contribution in [1.82, 2.24) is 24.3 Å². The van der Waals surface area contributed by atoms with Crippen molar-refractivity contribution in [2.75, 3.05) is 13.2 Å². The number of alkyl halides is 2. The molecular weight excluding hydrogens is 518 g/mol. The first-order valence-electron chi connectivity index (χ1n) is 7.68. The molecule has 0 aromatic carbocycles. The number of rotatable bonds is 5. The lowest BCUT2D eigenvalue weighted by atomic mass is 10.0. The number of nitriles is 1. The van der Waals surface area contributed by atoms with Crippen molar-refractivity contribution in [3.8, 4) is 16.9 Å². The van der Waals surface area contributed by atoms with Gasteiger partial charge in [0.2, 0.25) is 10.0 Å². The van der Waals surface area contributed by atoms with Gasteiger partial charge in [0, 0.05) is 6.20 Å². The topological polar surface area (TPSA) is 122 Å². The van der Waals surface area contributed by atoms with Crippen LogP contribution in [0.4, 0.5) is 8.78 Å². The van der Waals surface area contributed by atoms with Crippen LogP contribution in [0, 0.1) is 11.3 Å². The van der Waals surface area contributed by atoms with Gasteiger partial charge in [-0.2, -0.15) is 9.98 Å². The van der Waals surface area contributed by atoms with Gasteiger partial charge < -0.3 is 4.74 Å². The largest absolute Gasteiger partial charge is 0.375 e. The quantitative estimate of drug-likeness (QED) is 0.543. The molecule has 1 saturated heterocycles. The monoisotopic (exact) mass is 524 g/mol. The fraction of sp³-hybridized carbons (Fsp3) is 0.286. The Morgan fingerprint density at radius 2 is 2.17 bits per heavy atom. The van der Waals surface area contributed by atoms with Crippen LogP contribution in [-0.2, 0) is 14.8 Å². The number of nitrogens with zero attached hydrogens (tertiary/aromatic N) is 5. The number of sulfonamides is 1. The predicted molar refractivity (Wildman–Crippen MR) is 101 cm³/mol. The van der Waals surface area contributed by atoms with Crippen molar-refractivity contribution in [2.45, 2.75) is 16.9 Å². The van der Waals surface area contributed by atoms with E-state index in [0.29, 0.717) is 16.9 Å². The van der Waals surface area contributed by atoms with E-state index in [1.807, 2.05) is 6.07 Å². The van der Waals surface area contributed by atoms with Gasteiger partial charge in [-0.3, -0.25) is 4.40 Å². The molecule has 0 atom stereocenters. The van der Waals surface area contributed by atoms with Crippen LogP contribution in [0.5, 0.6) is 0 Å². The molecule has 1 fully saturated rings. The van der Waals surface area contributed by atoms with E-state index >= 15 is 0 Å². The molecule has 0 bridgehead atoms. The number of halogens is 4. The van der Waals surface area contributed by atoms with E-state index in [1.54, 1.807) is 0 Å². The lowest BCUT2D eigenvalue weighted by Gasteiger charge is -2.35. The number of nitrogens with one attached hydrogen (secondary N) is 1. The highest BCUT2D eigenvalue weighted by Gasteiger charge is 2.43. The third-order valence-corrected chi connectivity index (χ3v) is 7.26. The molecule has 15 heteroatoms. The van der Waals surface area contributed by atoms with Crippen LogP contribution in [0.25, 0.3) is 16.3 Å². The zero-order valence-electron chi connectivity index (χ0n) is 13.9. The minimum absolute atomic E-state index is 0.0352. The Kier molecular flexibility index (Phi) is 5.08. The Labute approximate surface area is 179 Å². The number of ether oxygens (including phenoxy) is 1. The van der Waals surface area contributed by atoms with Crippen molar-refractivity contribution >= 4 is 54.4 Å². The summed E-state index contributed by atoms with van der Waals surface area (Å²) < 4.78 is 60.1. The minimum atomic E-state index is -4.16. The number of hydrogen-bond donors (Lipinski definition) is 1. The standard InChI is InChI=1S/C14H8BrClF2N6O3S2/c15-9-8-7(16)1-6(29(25,26)23-14(3-19)4-27-5-14)2-24(8)11(20-9)13-22-21-12(28-13)10(17)18/h1-2,10,23H,4-5H2. The molecule has 3 aromatic rings. The molecule has 152 valence electrons. The summed E-state index contributed by atoms with van der Waals surface area (Å²) in [5, 5.41) is 16.0. The van der Waals surface area contributed by atoms with Gasteiger partial charge in [-0.15, -0.1) is 10.2 Å². The number of hydrogen-bond acceptors (Lipinski definition) is 8. The fourth-order valence-corrected chi connectivity index (χ4v) is 5.63. The van der Waals surface area contributed by atoms with Crippen LogP contribution in [-0.4, -0.2) is 46.8 Å². The number of imidazole rings is 1. The van der Waals surface area contributed by atoms with Gasteiger partial charge in [-0.1, -0.05) is 22.9 Å². The van der Waals surface area contributed by atoms with E-state index in [2.05, 4.69) is 35.8 Å². The maximum Gasteiger partial charge on any atom is 0.291 e. The molecule has 0 aliphatic carbocycles. The molecule has 0 saturated carbocycles. The smallest absolute Gasteiger partial charge is 0.291 e. The molecular formula is C14H8BrClF2N6O3S2. The van der Waals surface area contributed by atoms with Crippen molar-refractivity contribution < 1.29 is 21.9 Å². The highest BCUT2D eigenvalue weighted by atomic mass is 79.9. The summed E-state index contributed by atoms with van der Waals surface area (Å²) in [7, 11) is -4.16. The Bertz CT molecular complexity index is 1270. The third kappa shape index (κ3) is 3.51. The Balaban J connectivity index is 1.84. The molecule has 0 amide bonds. The summed E-state index contributed by atoms with van der Waals surface area (Å²) in [6.07, 6.45) is -1.59. The SMILES string of the molecule is N#CC1(NS(=O)(=O)c2cc(Cl)c3c(Br)nc(-c4nnc(C(F)F)s4)n3c2)COC1. The lowest BCUT2D eigenvalue weighted by molar-refractivity contribution is -0.0324. The van der Waals surface area contributed by atoms with Crippen molar-refractivity contribution in [3.63, 3.8) is 0 Å². The second-order valence-electron chi connectivity index (χ2n) is 6.01. The summed E-state index contributed by atoms with van der Waals surface area (Å²) in [5.74, 6) is 0.0807. The van der Waals surface area contributed by atoms with Crippen LogP contribution in [0.1, 0.15) is 11.4 Å². The van der Waals surface area contributed by atoms with Crippen molar-refractivity contribution in [2.24, 2.45) is 0 Å². The van der Waals surface area contributed by atoms with E-state index in [0.717, 1.165) is 0 Å². The van der Waals surface area contributed by atoms with Crippen LogP contribution in [0.15, 0.2) is 21.8 Å². The summed E-state index contributed by atoms with van der Waals surface area (Å²) in [5.41, 5.74) is -1.04. The number of fused-ring (bicyclic) bond motifs is 1. The predicted octanol–water partition coefficient (Wildman–Crippen LogP) is 2.78. The normalized spacial score (nSPS) is 16.1. The van der Waals surface area contributed by atoms with Gasteiger partial charge in [-0.25, -0.2) is 22.2 Å². The number of aromatic nitrogens is 4. The second kappa shape index (κ2) is 7.18. The van der Waals surface area contributed by atoms with Gasteiger partial charge in [0.1, 0.15) is 9.50 Å². The third-order valence-electron chi connectivity index (χ3n) is 3.99. The lowest BCUT2D eigenvalue weighted by Crippen LogP contribution is -2.61. The van der Waals surface area contributed by atoms with E-state index in [1.165, 1.54) is 16.7 Å². The first-order chi connectivity index (χ1) is 13.7. The second-order valence-corrected chi connectivity index (χ2v) is 9.86. The van der Waals surface area contributed by atoms with E-state index < -0.39 is 27.0 Å². The molecule has 29 heavy (non-hydrogen) atoms. The summed E-state index contributed by atoms with van der Waals surface area (Å²) in [4.78, 5) is 3.96. The highest BCUT2D eigenvalue weighted by molar-refractivity contribution is 9.10. The molecule has 0 spiro atoms. The maximum atomic E-state index is 12.9. The zero-order chi connectivity index (χ0) is 21.0. The van der Waals surface area contributed by atoms with Crippen molar-refractivity contribution in [3.05, 3.63) is 26.9 Å². The molecule has 0 radical (unpaired) electrons. The fourth-order valence-electron chi connectivity index (χ4n) is 2.58. The Morgan fingerprint density at radius 1 is 1.45 bits per heavy atom. The van der Waals surface area contributed by atoms with Gasteiger partial charge in [0.05, 0.1) is 29.8 Å². The minimum Gasteiger partial charge on any atom is -0.375 e. The van der Waals surface area contributed by atoms with Gasteiger partial charge >= 0.3 is 0 Å². The van der Waals surface area contributed by atoms with Crippen LogP contribution in [0.2, 0.25) is 5.02 Å². The molecule has 1 N–H and O–H groups in total. The maximum absolute atomic E-state index is 12.9. The molecule has 1 aliphatic heterocycles. The van der Waals surface area contributed by atoms with E-state index in [9.17, 15) is 22.5 Å². The molecule has 0 unspecified atom stereocenters. The average Bonchev–Trinajstić information content (AvgIpc) is 3.23. The van der Waals surface area contributed by atoms with Gasteiger partial charge in [0.25, 0.3) is 6.43 Å². The van der Waals surface area contributed by atoms with E-state index in [4.69, 9.17) is 16.3 Å². The zero-order valence-corrected chi connectivity index (χ0v) is 17.9. The van der Waals surface area contributed by atoms with Gasteiger partial charge in [0.15, 0.2) is 21.4 Å². The molecule has 3 aromatic heterocycles. The van der Waals surface area contributed by atoms with Gasteiger partial charge in [-0.05, 0) is 22.0 Å². The first kappa shape index (κ1) is 20.5. The summed E-state index contributed by atoms with van der Waals surface area (Å²) >= 11 is 10.1. The first-order valence-corrected chi connectivity index (χ1v) is 11.1. The Morgan fingerprint density at radius 3 is 2.72 bits per heavy atom. The Hall–Kier alpha value is -1.76. The van der Waals surface area contributed by atoms with Crippen molar-refractivity contribution in [1.29, 1.82) is 5.26 Å². The molecule has 4 rings (SSSR count). The highest BCUT2D eigenvalue weighted by Crippen LogP contribution is 2.35. The van der Waals surface area contributed by atoms with Crippen LogP contribution >= 0.6 is 38.9 Å². The number of pyridine rings is 1. The summed E-state index contributed by atoms with van der Waals surface area (Å²) in [6.45, 7) is -0.163. The average molecular weight is 526 g/mol. The van der Waals surface area contributed by atoms with Crippen LogP contribution < -0.4 is 4.72 Å². The molecule has 1 aliphatic rings.